The Morgan fingerprint density at radius 1 is 1.24 bits per heavy atom. The standard InChI is InChI=1S/C16H26N2O2S/c1-3-11-21(19,20)15-9-7-14(8-10-15)18(2)16-6-4-5-13(16)12-17/h7-10,13,16H,3-6,11-12,17H2,1-2H3. The van der Waals surface area contributed by atoms with E-state index in [0.717, 1.165) is 18.7 Å². The molecule has 0 aromatic heterocycles. The summed E-state index contributed by atoms with van der Waals surface area (Å²) in [5, 5.41) is 0. The van der Waals surface area contributed by atoms with Crippen LogP contribution in [0.25, 0.3) is 0 Å². The lowest BCUT2D eigenvalue weighted by molar-refractivity contribution is 0.474. The molecule has 4 nitrogen and oxygen atoms in total. The zero-order chi connectivity index (χ0) is 15.5. The smallest absolute Gasteiger partial charge is 0.178 e. The van der Waals surface area contributed by atoms with E-state index in [1.54, 1.807) is 12.1 Å². The van der Waals surface area contributed by atoms with Crippen molar-refractivity contribution < 1.29 is 8.42 Å². The molecule has 0 radical (unpaired) electrons. The van der Waals surface area contributed by atoms with Gasteiger partial charge in [0.1, 0.15) is 0 Å². The molecule has 1 aromatic carbocycles. The summed E-state index contributed by atoms with van der Waals surface area (Å²) in [4.78, 5) is 2.67. The van der Waals surface area contributed by atoms with Crippen LogP contribution >= 0.6 is 0 Å². The largest absolute Gasteiger partial charge is 0.371 e. The fourth-order valence-corrected chi connectivity index (χ4v) is 4.59. The molecule has 118 valence electrons. The maximum absolute atomic E-state index is 12.0. The number of nitrogens with two attached hydrogens (primary N) is 1. The second kappa shape index (κ2) is 6.79. The molecule has 0 heterocycles. The molecule has 0 aliphatic heterocycles. The van der Waals surface area contributed by atoms with Crippen LogP contribution < -0.4 is 10.6 Å². The molecule has 0 amide bonds. The van der Waals surface area contributed by atoms with E-state index in [4.69, 9.17) is 5.73 Å². The molecule has 2 atom stereocenters. The molecule has 1 fully saturated rings. The van der Waals surface area contributed by atoms with E-state index in [1.165, 1.54) is 12.8 Å². The number of nitrogens with zero attached hydrogens (tertiary/aromatic N) is 1. The van der Waals surface area contributed by atoms with Crippen LogP contribution in [-0.4, -0.2) is 33.8 Å². The molecular formula is C16H26N2O2S. The number of benzene rings is 1. The lowest BCUT2D eigenvalue weighted by atomic mass is 10.0. The molecule has 0 bridgehead atoms. The van der Waals surface area contributed by atoms with Crippen LogP contribution in [0.2, 0.25) is 0 Å². The third kappa shape index (κ3) is 3.58. The Labute approximate surface area is 128 Å². The fraction of sp³-hybridized carbons (Fsp3) is 0.625. The summed E-state index contributed by atoms with van der Waals surface area (Å²) in [6.07, 6.45) is 4.22. The molecule has 0 saturated heterocycles. The predicted octanol–water partition coefficient (Wildman–Crippen LogP) is 2.43. The van der Waals surface area contributed by atoms with Gasteiger partial charge >= 0.3 is 0 Å². The van der Waals surface area contributed by atoms with Gasteiger partial charge in [-0.1, -0.05) is 13.3 Å². The first-order chi connectivity index (χ1) is 9.99. The first-order valence-electron chi connectivity index (χ1n) is 7.75. The van der Waals surface area contributed by atoms with Gasteiger partial charge in [0.25, 0.3) is 0 Å². The van der Waals surface area contributed by atoms with Gasteiger partial charge in [0.05, 0.1) is 10.6 Å². The van der Waals surface area contributed by atoms with E-state index in [1.807, 2.05) is 19.1 Å². The summed E-state index contributed by atoms with van der Waals surface area (Å²) < 4.78 is 24.1. The molecule has 0 spiro atoms. The van der Waals surface area contributed by atoms with Crippen molar-refractivity contribution in [3.8, 4) is 0 Å². The Kier molecular flexibility index (Phi) is 5.27. The SMILES string of the molecule is CCCS(=O)(=O)c1ccc(N(C)C2CCCC2CN)cc1. The van der Waals surface area contributed by atoms with Crippen molar-refractivity contribution in [3.63, 3.8) is 0 Å². The van der Waals surface area contributed by atoms with Gasteiger partial charge in [-0.2, -0.15) is 0 Å². The van der Waals surface area contributed by atoms with Crippen molar-refractivity contribution in [1.82, 2.24) is 0 Å². The highest BCUT2D eigenvalue weighted by Gasteiger charge is 2.29. The molecule has 1 aliphatic carbocycles. The number of hydrogen-bond donors (Lipinski definition) is 1. The number of anilines is 1. The molecular weight excluding hydrogens is 284 g/mol. The van der Waals surface area contributed by atoms with Gasteiger partial charge in [0, 0.05) is 18.8 Å². The summed E-state index contributed by atoms with van der Waals surface area (Å²) in [5.74, 6) is 0.749. The van der Waals surface area contributed by atoms with Crippen molar-refractivity contribution in [2.75, 3.05) is 24.2 Å². The van der Waals surface area contributed by atoms with Gasteiger partial charge in [-0.05, 0) is 56.0 Å². The molecule has 21 heavy (non-hydrogen) atoms. The summed E-state index contributed by atoms with van der Waals surface area (Å²) in [5.41, 5.74) is 6.91. The van der Waals surface area contributed by atoms with Crippen LogP contribution in [0.15, 0.2) is 29.2 Å². The minimum atomic E-state index is -3.13. The maximum Gasteiger partial charge on any atom is 0.178 e. The number of hydrogen-bond acceptors (Lipinski definition) is 4. The summed E-state index contributed by atoms with van der Waals surface area (Å²) in [7, 11) is -1.05. The zero-order valence-electron chi connectivity index (χ0n) is 13.0. The average Bonchev–Trinajstić information content (AvgIpc) is 2.95. The topological polar surface area (TPSA) is 63.4 Å². The Balaban J connectivity index is 2.15. The van der Waals surface area contributed by atoms with Crippen molar-refractivity contribution in [3.05, 3.63) is 24.3 Å². The van der Waals surface area contributed by atoms with Crippen molar-refractivity contribution in [2.24, 2.45) is 11.7 Å². The maximum atomic E-state index is 12.0. The summed E-state index contributed by atoms with van der Waals surface area (Å²) in [6.45, 7) is 2.60. The minimum absolute atomic E-state index is 0.208. The van der Waals surface area contributed by atoms with Crippen LogP contribution in [-0.2, 0) is 9.84 Å². The van der Waals surface area contributed by atoms with Gasteiger partial charge in [-0.3, -0.25) is 0 Å². The molecule has 2 rings (SSSR count). The van der Waals surface area contributed by atoms with Crippen LogP contribution in [0.4, 0.5) is 5.69 Å². The minimum Gasteiger partial charge on any atom is -0.371 e. The molecule has 2 N–H and O–H groups in total. The fourth-order valence-electron chi connectivity index (χ4n) is 3.27. The average molecular weight is 310 g/mol. The predicted molar refractivity (Wildman–Crippen MR) is 87.4 cm³/mol. The van der Waals surface area contributed by atoms with Gasteiger partial charge in [-0.25, -0.2) is 8.42 Å². The van der Waals surface area contributed by atoms with Gasteiger partial charge in [0.2, 0.25) is 0 Å². The van der Waals surface area contributed by atoms with Gasteiger partial charge in [0.15, 0.2) is 9.84 Å². The zero-order valence-corrected chi connectivity index (χ0v) is 13.8. The summed E-state index contributed by atoms with van der Waals surface area (Å²) >= 11 is 0. The van der Waals surface area contributed by atoms with Crippen LogP contribution in [0.1, 0.15) is 32.6 Å². The number of sulfone groups is 1. The molecule has 2 unspecified atom stereocenters. The number of rotatable bonds is 6. The third-order valence-electron chi connectivity index (χ3n) is 4.50. The second-order valence-corrected chi connectivity index (χ2v) is 8.03. The molecule has 5 heteroatoms. The van der Waals surface area contributed by atoms with Gasteiger partial charge in [-0.15, -0.1) is 0 Å². The van der Waals surface area contributed by atoms with E-state index in [-0.39, 0.29) is 5.75 Å². The first-order valence-corrected chi connectivity index (χ1v) is 9.40. The first kappa shape index (κ1) is 16.3. The quantitative estimate of drug-likeness (QED) is 0.876. The van der Waals surface area contributed by atoms with Crippen molar-refractivity contribution >= 4 is 15.5 Å². The normalized spacial score (nSPS) is 22.4. The van der Waals surface area contributed by atoms with E-state index < -0.39 is 9.84 Å². The Bertz CT molecular complexity index is 554. The second-order valence-electron chi connectivity index (χ2n) is 5.92. The van der Waals surface area contributed by atoms with E-state index in [9.17, 15) is 8.42 Å². The third-order valence-corrected chi connectivity index (χ3v) is 6.43. The molecule has 1 aliphatic rings. The van der Waals surface area contributed by atoms with E-state index in [2.05, 4.69) is 11.9 Å². The van der Waals surface area contributed by atoms with Crippen molar-refractivity contribution in [2.45, 2.75) is 43.5 Å². The molecule has 1 saturated carbocycles. The lowest BCUT2D eigenvalue weighted by Crippen LogP contribution is -2.37. The van der Waals surface area contributed by atoms with Crippen LogP contribution in [0.5, 0.6) is 0 Å². The van der Waals surface area contributed by atoms with E-state index in [0.29, 0.717) is 23.3 Å². The highest BCUT2D eigenvalue weighted by atomic mass is 32.2. The highest BCUT2D eigenvalue weighted by molar-refractivity contribution is 7.91. The van der Waals surface area contributed by atoms with Crippen LogP contribution in [0.3, 0.4) is 0 Å². The Hall–Kier alpha value is -1.07. The monoisotopic (exact) mass is 310 g/mol. The van der Waals surface area contributed by atoms with Gasteiger partial charge < -0.3 is 10.6 Å². The van der Waals surface area contributed by atoms with Crippen molar-refractivity contribution in [1.29, 1.82) is 0 Å². The Morgan fingerprint density at radius 2 is 1.90 bits per heavy atom. The summed E-state index contributed by atoms with van der Waals surface area (Å²) in [6, 6.07) is 7.74. The molecule has 1 aromatic rings. The lowest BCUT2D eigenvalue weighted by Gasteiger charge is -2.31. The highest BCUT2D eigenvalue weighted by Crippen LogP contribution is 2.31. The van der Waals surface area contributed by atoms with E-state index >= 15 is 0 Å². The Morgan fingerprint density at radius 3 is 2.48 bits per heavy atom. The van der Waals surface area contributed by atoms with Crippen LogP contribution in [0, 0.1) is 5.92 Å².